The highest BCUT2D eigenvalue weighted by atomic mass is 16.9. The first-order valence-electron chi connectivity index (χ1n) is 9.62. The van der Waals surface area contributed by atoms with Crippen molar-refractivity contribution in [3.8, 4) is 0 Å². The molecule has 1 saturated carbocycles. The maximum absolute atomic E-state index is 11.3. The topological polar surface area (TPSA) is 44.8 Å². The van der Waals surface area contributed by atoms with E-state index in [0.717, 1.165) is 32.1 Å². The van der Waals surface area contributed by atoms with Crippen molar-refractivity contribution in [1.82, 2.24) is 0 Å². The van der Waals surface area contributed by atoms with Crippen molar-refractivity contribution in [2.24, 2.45) is 11.3 Å². The molecular weight excluding hydrogens is 304 g/mol. The molecule has 0 amide bonds. The van der Waals surface area contributed by atoms with Crippen molar-refractivity contribution in [2.45, 2.75) is 90.4 Å². The summed E-state index contributed by atoms with van der Waals surface area (Å²) in [6.45, 7) is 4.45. The number of methoxy groups -OCH3 is 3. The Hall–Kier alpha value is -0.450. The predicted octanol–water partition coefficient (Wildman–Crippen LogP) is 5.10. The molecule has 1 aliphatic rings. The van der Waals surface area contributed by atoms with Gasteiger partial charge in [0.15, 0.2) is 0 Å². The summed E-state index contributed by atoms with van der Waals surface area (Å²) in [4.78, 5) is 11.3. The van der Waals surface area contributed by atoms with E-state index in [-0.39, 0.29) is 11.3 Å². The summed E-state index contributed by atoms with van der Waals surface area (Å²) in [6.07, 6.45) is 12.1. The van der Waals surface area contributed by atoms with Crippen LogP contribution in [0.2, 0.25) is 0 Å². The molecule has 1 aliphatic carbocycles. The lowest BCUT2D eigenvalue weighted by Gasteiger charge is -2.41. The van der Waals surface area contributed by atoms with Gasteiger partial charge in [-0.15, -0.1) is 0 Å². The second-order valence-corrected chi connectivity index (χ2v) is 7.71. The molecule has 24 heavy (non-hydrogen) atoms. The Morgan fingerprint density at radius 3 is 2.00 bits per heavy atom. The van der Waals surface area contributed by atoms with Crippen molar-refractivity contribution >= 4 is 5.78 Å². The molecule has 0 spiro atoms. The van der Waals surface area contributed by atoms with Crippen LogP contribution in [0.3, 0.4) is 0 Å². The van der Waals surface area contributed by atoms with Gasteiger partial charge in [-0.25, -0.2) is 0 Å². The summed E-state index contributed by atoms with van der Waals surface area (Å²) in [6, 6.07) is 0. The molecule has 1 unspecified atom stereocenters. The standard InChI is InChI=1S/C20H38O4/c1-6-7-8-9-10-11-12-17(20(22-3,23-4)24-5)13-14-19(2)15-18(21)16-19/h17H,6-16H2,1-5H3. The van der Waals surface area contributed by atoms with E-state index in [0.29, 0.717) is 5.78 Å². The Morgan fingerprint density at radius 2 is 1.50 bits per heavy atom. The van der Waals surface area contributed by atoms with E-state index in [1.165, 1.54) is 38.5 Å². The number of carbonyl (C=O) groups excluding carboxylic acids is 1. The molecule has 0 heterocycles. The zero-order chi connectivity index (χ0) is 18.1. The van der Waals surface area contributed by atoms with Gasteiger partial charge in [-0.1, -0.05) is 52.4 Å². The number of carbonyl (C=O) groups is 1. The van der Waals surface area contributed by atoms with E-state index in [2.05, 4.69) is 13.8 Å². The average molecular weight is 343 g/mol. The fraction of sp³-hybridized carbons (Fsp3) is 0.950. The number of rotatable bonds is 14. The Balaban J connectivity index is 2.53. The molecule has 4 nitrogen and oxygen atoms in total. The highest BCUT2D eigenvalue weighted by Gasteiger charge is 2.43. The molecular formula is C20H38O4. The van der Waals surface area contributed by atoms with Crippen molar-refractivity contribution in [3.63, 3.8) is 0 Å². The molecule has 1 fully saturated rings. The third-order valence-electron chi connectivity index (χ3n) is 5.60. The lowest BCUT2D eigenvalue weighted by Crippen LogP contribution is -2.45. The van der Waals surface area contributed by atoms with Crippen molar-refractivity contribution in [2.75, 3.05) is 21.3 Å². The zero-order valence-electron chi connectivity index (χ0n) is 16.5. The lowest BCUT2D eigenvalue weighted by molar-refractivity contribution is -0.380. The largest absolute Gasteiger partial charge is 0.331 e. The molecule has 0 saturated heterocycles. The van der Waals surface area contributed by atoms with E-state index in [1.54, 1.807) is 21.3 Å². The summed E-state index contributed by atoms with van der Waals surface area (Å²) in [5, 5.41) is 0. The first kappa shape index (κ1) is 21.6. The number of ketones is 1. The molecule has 1 atom stereocenters. The van der Waals surface area contributed by atoms with Gasteiger partial charge in [-0.2, -0.15) is 0 Å². The average Bonchev–Trinajstić information content (AvgIpc) is 2.55. The van der Waals surface area contributed by atoms with Crippen LogP contribution in [0, 0.1) is 11.3 Å². The van der Waals surface area contributed by atoms with Crippen molar-refractivity contribution < 1.29 is 19.0 Å². The molecule has 0 radical (unpaired) electrons. The van der Waals surface area contributed by atoms with Gasteiger partial charge >= 0.3 is 0 Å². The van der Waals surface area contributed by atoms with Gasteiger partial charge in [0.1, 0.15) is 5.78 Å². The number of Topliss-reactive ketones (excluding diaryl/α,β-unsaturated/α-hetero) is 1. The molecule has 4 heteroatoms. The van der Waals surface area contributed by atoms with E-state index in [1.807, 2.05) is 0 Å². The first-order chi connectivity index (χ1) is 11.4. The van der Waals surface area contributed by atoms with Gasteiger partial charge in [0.05, 0.1) is 0 Å². The van der Waals surface area contributed by atoms with Crippen molar-refractivity contribution in [1.29, 1.82) is 0 Å². The van der Waals surface area contributed by atoms with Gasteiger partial charge in [0, 0.05) is 40.1 Å². The Kier molecular flexibility index (Phi) is 9.47. The number of hydrogen-bond acceptors (Lipinski definition) is 4. The van der Waals surface area contributed by atoms with Crippen LogP contribution in [0.1, 0.15) is 84.5 Å². The van der Waals surface area contributed by atoms with Crippen LogP contribution in [-0.4, -0.2) is 33.1 Å². The van der Waals surface area contributed by atoms with E-state index >= 15 is 0 Å². The lowest BCUT2D eigenvalue weighted by atomic mass is 9.65. The van der Waals surface area contributed by atoms with Crippen LogP contribution in [0.25, 0.3) is 0 Å². The molecule has 0 aromatic carbocycles. The van der Waals surface area contributed by atoms with Gasteiger partial charge < -0.3 is 14.2 Å². The summed E-state index contributed by atoms with van der Waals surface area (Å²) >= 11 is 0. The molecule has 142 valence electrons. The second kappa shape index (κ2) is 10.5. The Morgan fingerprint density at radius 1 is 0.958 bits per heavy atom. The van der Waals surface area contributed by atoms with Crippen LogP contribution in [0.4, 0.5) is 0 Å². The second-order valence-electron chi connectivity index (χ2n) is 7.71. The fourth-order valence-electron chi connectivity index (χ4n) is 4.02. The zero-order valence-corrected chi connectivity index (χ0v) is 16.5. The van der Waals surface area contributed by atoms with Crippen LogP contribution in [0.15, 0.2) is 0 Å². The highest BCUT2D eigenvalue weighted by Crippen LogP contribution is 2.44. The molecule has 0 bridgehead atoms. The summed E-state index contributed by atoms with van der Waals surface area (Å²) in [7, 11) is 4.95. The minimum atomic E-state index is -0.965. The van der Waals surface area contributed by atoms with E-state index in [9.17, 15) is 4.79 Å². The number of ether oxygens (including phenoxy) is 3. The van der Waals surface area contributed by atoms with Gasteiger partial charge in [0.25, 0.3) is 5.97 Å². The quantitative estimate of drug-likeness (QED) is 0.325. The molecule has 1 rings (SSSR count). The van der Waals surface area contributed by atoms with Crippen LogP contribution >= 0.6 is 0 Å². The maximum atomic E-state index is 11.3. The fourth-order valence-corrected chi connectivity index (χ4v) is 4.02. The number of unbranched alkanes of at least 4 members (excludes halogenated alkanes) is 5. The Bertz CT molecular complexity index is 346. The third-order valence-corrected chi connectivity index (χ3v) is 5.60. The van der Waals surface area contributed by atoms with E-state index in [4.69, 9.17) is 14.2 Å². The first-order valence-corrected chi connectivity index (χ1v) is 9.62. The highest BCUT2D eigenvalue weighted by molar-refractivity contribution is 5.85. The van der Waals surface area contributed by atoms with Gasteiger partial charge in [-0.3, -0.25) is 4.79 Å². The Labute approximate surface area is 148 Å². The maximum Gasteiger partial charge on any atom is 0.285 e. The molecule has 0 aliphatic heterocycles. The minimum absolute atomic E-state index is 0.164. The number of hydrogen-bond donors (Lipinski definition) is 0. The normalized spacial score (nSPS) is 18.5. The predicted molar refractivity (Wildman–Crippen MR) is 96.8 cm³/mol. The van der Waals surface area contributed by atoms with E-state index < -0.39 is 5.97 Å². The monoisotopic (exact) mass is 342 g/mol. The third kappa shape index (κ3) is 6.12. The van der Waals surface area contributed by atoms with Gasteiger partial charge in [-0.05, 0) is 24.7 Å². The molecule has 0 aromatic rings. The summed E-state index contributed by atoms with van der Waals surface area (Å²) in [5.74, 6) is -0.384. The SMILES string of the molecule is CCCCCCCCC(CCC1(C)CC(=O)C1)C(OC)(OC)OC. The molecule has 0 N–H and O–H groups in total. The van der Waals surface area contributed by atoms with Crippen LogP contribution < -0.4 is 0 Å². The smallest absolute Gasteiger partial charge is 0.285 e. The van der Waals surface area contributed by atoms with Crippen LogP contribution in [-0.2, 0) is 19.0 Å². The summed E-state index contributed by atoms with van der Waals surface area (Å²) in [5.41, 5.74) is 0.164. The molecule has 0 aromatic heterocycles. The van der Waals surface area contributed by atoms with Gasteiger partial charge in [0.2, 0.25) is 0 Å². The van der Waals surface area contributed by atoms with Crippen LogP contribution in [0.5, 0.6) is 0 Å². The van der Waals surface area contributed by atoms with Crippen molar-refractivity contribution in [3.05, 3.63) is 0 Å². The summed E-state index contributed by atoms with van der Waals surface area (Å²) < 4.78 is 16.9. The minimum Gasteiger partial charge on any atom is -0.331 e.